The van der Waals surface area contributed by atoms with E-state index in [1.54, 1.807) is 29.2 Å². The first-order valence-corrected chi connectivity index (χ1v) is 8.61. The number of hydrogen-bond donors (Lipinski definition) is 0. The largest absolute Gasteiger partial charge is 0.483 e. The van der Waals surface area contributed by atoms with E-state index in [0.717, 1.165) is 12.3 Å². The Balaban J connectivity index is 1.52. The van der Waals surface area contributed by atoms with Crippen LogP contribution in [-0.2, 0) is 11.0 Å². The number of ether oxygens (including phenoxy) is 1. The minimum atomic E-state index is -4.42. The molecule has 0 radical (unpaired) electrons. The van der Waals surface area contributed by atoms with Gasteiger partial charge < -0.3 is 14.5 Å². The van der Waals surface area contributed by atoms with Crippen LogP contribution in [0.2, 0.25) is 0 Å². The van der Waals surface area contributed by atoms with Crippen molar-refractivity contribution in [3.63, 3.8) is 0 Å². The summed E-state index contributed by atoms with van der Waals surface area (Å²) in [5.41, 5.74) is -0.425. The van der Waals surface area contributed by atoms with E-state index in [-0.39, 0.29) is 12.5 Å². The number of pyridine rings is 1. The monoisotopic (exact) mass is 393 g/mol. The Hall–Kier alpha value is -3.10. The summed E-state index contributed by atoms with van der Waals surface area (Å²) in [4.78, 5) is 30.6. The van der Waals surface area contributed by atoms with Gasteiger partial charge >= 0.3 is 6.18 Å². The number of nitrogens with zero attached hydrogens (tertiary/aromatic N) is 3. The zero-order valence-corrected chi connectivity index (χ0v) is 14.9. The molecule has 1 aliphatic heterocycles. The normalized spacial score (nSPS) is 14.7. The van der Waals surface area contributed by atoms with Crippen molar-refractivity contribution in [2.45, 2.75) is 6.18 Å². The van der Waals surface area contributed by atoms with E-state index < -0.39 is 11.7 Å². The molecule has 2 aromatic rings. The molecule has 28 heavy (non-hydrogen) atoms. The molecule has 1 amide bonds. The van der Waals surface area contributed by atoms with Crippen LogP contribution in [0.3, 0.4) is 0 Å². The van der Waals surface area contributed by atoms with Crippen LogP contribution < -0.4 is 9.64 Å². The standard InChI is InChI=1S/C19H18F3N3O3/c20-19(21,22)15-5-6-17(23-11-15)24-7-9-25(10-8-24)18(27)13-28-16-4-2-1-3-14(16)12-26/h1-6,11-12H,7-10,13H2. The molecule has 1 fully saturated rings. The minimum Gasteiger partial charge on any atom is -0.483 e. The van der Waals surface area contributed by atoms with E-state index >= 15 is 0 Å². The third-order valence-electron chi connectivity index (χ3n) is 4.43. The Kier molecular flexibility index (Phi) is 5.81. The zero-order valence-electron chi connectivity index (χ0n) is 14.9. The molecule has 3 rings (SSSR count). The molecule has 0 spiro atoms. The molecule has 148 valence electrons. The highest BCUT2D eigenvalue weighted by atomic mass is 19.4. The van der Waals surface area contributed by atoms with Crippen LogP contribution in [0.25, 0.3) is 0 Å². The molecular weight excluding hydrogens is 375 g/mol. The van der Waals surface area contributed by atoms with E-state index in [1.807, 2.05) is 4.90 Å². The highest BCUT2D eigenvalue weighted by Crippen LogP contribution is 2.29. The van der Waals surface area contributed by atoms with Gasteiger partial charge in [0.05, 0.1) is 11.1 Å². The fourth-order valence-corrected chi connectivity index (χ4v) is 2.87. The number of aldehydes is 1. The maximum absolute atomic E-state index is 12.6. The lowest BCUT2D eigenvalue weighted by molar-refractivity contribution is -0.138. The number of aromatic nitrogens is 1. The van der Waals surface area contributed by atoms with Crippen LogP contribution in [0.15, 0.2) is 42.6 Å². The second-order valence-electron chi connectivity index (χ2n) is 6.22. The minimum absolute atomic E-state index is 0.191. The molecule has 0 atom stereocenters. The van der Waals surface area contributed by atoms with Crippen LogP contribution in [0.1, 0.15) is 15.9 Å². The number of alkyl halides is 3. The molecule has 1 saturated heterocycles. The summed E-state index contributed by atoms with van der Waals surface area (Å²) in [7, 11) is 0. The predicted octanol–water partition coefficient (Wildman–Crippen LogP) is 2.64. The maximum Gasteiger partial charge on any atom is 0.417 e. The Morgan fingerprint density at radius 1 is 1.11 bits per heavy atom. The van der Waals surface area contributed by atoms with Crippen LogP contribution in [0.5, 0.6) is 5.75 Å². The van der Waals surface area contributed by atoms with E-state index in [4.69, 9.17) is 4.74 Å². The van der Waals surface area contributed by atoms with Crippen molar-refractivity contribution in [1.29, 1.82) is 0 Å². The first kappa shape index (κ1) is 19.7. The van der Waals surface area contributed by atoms with Gasteiger partial charge in [-0.2, -0.15) is 13.2 Å². The second kappa shape index (κ2) is 8.28. The molecule has 9 heteroatoms. The Labute approximate surface area is 159 Å². The van der Waals surface area contributed by atoms with Crippen LogP contribution >= 0.6 is 0 Å². The van der Waals surface area contributed by atoms with Crippen molar-refractivity contribution >= 4 is 18.0 Å². The van der Waals surface area contributed by atoms with Gasteiger partial charge in [0.15, 0.2) is 12.9 Å². The van der Waals surface area contributed by atoms with Gasteiger partial charge in [-0.1, -0.05) is 12.1 Å². The van der Waals surface area contributed by atoms with Gasteiger partial charge in [0.25, 0.3) is 5.91 Å². The van der Waals surface area contributed by atoms with E-state index in [1.165, 1.54) is 6.07 Å². The fourth-order valence-electron chi connectivity index (χ4n) is 2.87. The van der Waals surface area contributed by atoms with Gasteiger partial charge in [-0.15, -0.1) is 0 Å². The number of carbonyl (C=O) groups is 2. The van der Waals surface area contributed by atoms with Gasteiger partial charge in [-0.25, -0.2) is 4.98 Å². The summed E-state index contributed by atoms with van der Waals surface area (Å²) >= 11 is 0. The number of benzene rings is 1. The first-order valence-electron chi connectivity index (χ1n) is 8.61. The summed E-state index contributed by atoms with van der Waals surface area (Å²) in [5.74, 6) is 0.565. The zero-order chi connectivity index (χ0) is 20.1. The molecule has 6 nitrogen and oxygen atoms in total. The molecule has 1 aromatic carbocycles. The topological polar surface area (TPSA) is 62.7 Å². The molecule has 0 unspecified atom stereocenters. The lowest BCUT2D eigenvalue weighted by atomic mass is 10.2. The van der Waals surface area contributed by atoms with Crippen LogP contribution in [0.4, 0.5) is 19.0 Å². The van der Waals surface area contributed by atoms with Crippen molar-refractivity contribution in [3.05, 3.63) is 53.7 Å². The van der Waals surface area contributed by atoms with Gasteiger partial charge in [0.2, 0.25) is 0 Å². The summed E-state index contributed by atoms with van der Waals surface area (Å²) in [6.45, 7) is 1.52. The van der Waals surface area contributed by atoms with Gasteiger partial charge in [-0.3, -0.25) is 9.59 Å². The maximum atomic E-state index is 12.6. The number of hydrogen-bond acceptors (Lipinski definition) is 5. The molecule has 0 saturated carbocycles. The number of carbonyl (C=O) groups excluding carboxylic acids is 2. The molecular formula is C19H18F3N3O3. The van der Waals surface area contributed by atoms with Crippen molar-refractivity contribution in [3.8, 4) is 5.75 Å². The number of piperazine rings is 1. The summed E-state index contributed by atoms with van der Waals surface area (Å²) in [6, 6.07) is 8.96. The number of amides is 1. The Morgan fingerprint density at radius 2 is 1.82 bits per heavy atom. The Morgan fingerprint density at radius 3 is 2.43 bits per heavy atom. The number of rotatable bonds is 5. The third-order valence-corrected chi connectivity index (χ3v) is 4.43. The van der Waals surface area contributed by atoms with Crippen molar-refractivity contribution < 1.29 is 27.5 Å². The quantitative estimate of drug-likeness (QED) is 0.731. The molecule has 0 bridgehead atoms. The van der Waals surface area contributed by atoms with Crippen LogP contribution in [-0.4, -0.2) is 54.9 Å². The highest BCUT2D eigenvalue weighted by Gasteiger charge is 2.31. The lowest BCUT2D eigenvalue weighted by Crippen LogP contribution is -2.50. The lowest BCUT2D eigenvalue weighted by Gasteiger charge is -2.35. The van der Waals surface area contributed by atoms with E-state index in [0.29, 0.717) is 49.6 Å². The summed E-state index contributed by atoms with van der Waals surface area (Å²) in [6.07, 6.45) is -2.94. The highest BCUT2D eigenvalue weighted by molar-refractivity contribution is 5.81. The SMILES string of the molecule is O=Cc1ccccc1OCC(=O)N1CCN(c2ccc(C(F)(F)F)cn2)CC1. The molecule has 0 N–H and O–H groups in total. The number of para-hydroxylation sites is 1. The van der Waals surface area contributed by atoms with E-state index in [9.17, 15) is 22.8 Å². The summed E-state index contributed by atoms with van der Waals surface area (Å²) in [5, 5.41) is 0. The third kappa shape index (κ3) is 4.59. The molecule has 0 aliphatic carbocycles. The van der Waals surface area contributed by atoms with Crippen molar-refractivity contribution in [2.24, 2.45) is 0 Å². The van der Waals surface area contributed by atoms with Crippen molar-refractivity contribution in [1.82, 2.24) is 9.88 Å². The smallest absolute Gasteiger partial charge is 0.417 e. The van der Waals surface area contributed by atoms with Gasteiger partial charge in [0, 0.05) is 32.4 Å². The fraction of sp³-hybridized carbons (Fsp3) is 0.316. The number of anilines is 1. The number of halogens is 3. The molecule has 2 heterocycles. The first-order chi connectivity index (χ1) is 13.4. The molecule has 1 aromatic heterocycles. The Bertz CT molecular complexity index is 832. The average Bonchev–Trinajstić information content (AvgIpc) is 2.72. The second-order valence-corrected chi connectivity index (χ2v) is 6.22. The van der Waals surface area contributed by atoms with Gasteiger partial charge in [-0.05, 0) is 24.3 Å². The van der Waals surface area contributed by atoms with E-state index in [2.05, 4.69) is 4.98 Å². The summed E-state index contributed by atoms with van der Waals surface area (Å²) < 4.78 is 43.3. The van der Waals surface area contributed by atoms with Crippen LogP contribution in [0, 0.1) is 0 Å². The predicted molar refractivity (Wildman–Crippen MR) is 95.4 cm³/mol. The van der Waals surface area contributed by atoms with Gasteiger partial charge in [0.1, 0.15) is 11.6 Å². The van der Waals surface area contributed by atoms with Crippen molar-refractivity contribution in [2.75, 3.05) is 37.7 Å². The molecule has 1 aliphatic rings. The average molecular weight is 393 g/mol.